The highest BCUT2D eigenvalue weighted by molar-refractivity contribution is 5.80. The lowest BCUT2D eigenvalue weighted by atomic mass is 10.2. The van der Waals surface area contributed by atoms with Gasteiger partial charge in [0, 0.05) is 38.9 Å². The molecule has 23 heavy (non-hydrogen) atoms. The van der Waals surface area contributed by atoms with E-state index < -0.39 is 0 Å². The molecule has 1 rings (SSSR count). The number of aryl methyl sites for hydroxylation is 1. The smallest absolute Gasteiger partial charge is 0.307 e. The molecule has 0 aromatic heterocycles. The highest BCUT2D eigenvalue weighted by Crippen LogP contribution is 2.14. The van der Waals surface area contributed by atoms with E-state index in [1.165, 1.54) is 18.4 Å². The average Bonchev–Trinajstić information content (AvgIpc) is 2.56. The molecule has 1 aromatic carbocycles. The van der Waals surface area contributed by atoms with Gasteiger partial charge in [0.1, 0.15) is 0 Å². The molecule has 0 bridgehead atoms. The summed E-state index contributed by atoms with van der Waals surface area (Å²) in [5.41, 5.74) is 2.48. The molecular formula is C17H28N4O2. The van der Waals surface area contributed by atoms with Gasteiger partial charge in [0.2, 0.25) is 0 Å². The fourth-order valence-electron chi connectivity index (χ4n) is 2.21. The summed E-state index contributed by atoms with van der Waals surface area (Å²) >= 11 is 0. The third kappa shape index (κ3) is 7.04. The molecule has 0 saturated carbocycles. The molecule has 1 aromatic rings. The first-order valence-electron chi connectivity index (χ1n) is 7.93. The minimum Gasteiger partial charge on any atom is -0.469 e. The number of benzene rings is 1. The van der Waals surface area contributed by atoms with E-state index in [2.05, 4.69) is 63.4 Å². The van der Waals surface area contributed by atoms with Crippen molar-refractivity contribution in [3.8, 4) is 0 Å². The monoisotopic (exact) mass is 320 g/mol. The number of hydrogen-bond donors (Lipinski definition) is 2. The summed E-state index contributed by atoms with van der Waals surface area (Å²) in [4.78, 5) is 17.5. The number of aliphatic imine (C=N–C) groups is 1. The summed E-state index contributed by atoms with van der Waals surface area (Å²) < 4.78 is 4.61. The maximum absolute atomic E-state index is 11.1. The number of carbonyl (C=O) groups is 1. The third-order valence-corrected chi connectivity index (χ3v) is 3.50. The molecule has 6 heteroatoms. The second kappa shape index (κ2) is 10.5. The van der Waals surface area contributed by atoms with Crippen LogP contribution in [0.3, 0.4) is 0 Å². The normalized spacial score (nSPS) is 11.0. The van der Waals surface area contributed by atoms with Crippen LogP contribution in [0.25, 0.3) is 0 Å². The first-order valence-corrected chi connectivity index (χ1v) is 7.93. The minimum absolute atomic E-state index is 0.232. The SMILES string of the molecule is CCN(CCNC(=NC)NCCC(=O)OC)c1cccc(C)c1. The van der Waals surface area contributed by atoms with Crippen molar-refractivity contribution in [3.05, 3.63) is 29.8 Å². The molecule has 0 heterocycles. The number of methoxy groups -OCH3 is 1. The average molecular weight is 320 g/mol. The van der Waals surface area contributed by atoms with Crippen LogP contribution in [0.1, 0.15) is 18.9 Å². The molecule has 0 radical (unpaired) electrons. The summed E-state index contributed by atoms with van der Waals surface area (Å²) in [5, 5.41) is 6.35. The van der Waals surface area contributed by atoms with Crippen LogP contribution in [0.15, 0.2) is 29.3 Å². The zero-order valence-electron chi connectivity index (χ0n) is 14.6. The number of hydrogen-bond acceptors (Lipinski definition) is 4. The number of nitrogens with zero attached hydrogens (tertiary/aromatic N) is 2. The van der Waals surface area contributed by atoms with Gasteiger partial charge in [-0.1, -0.05) is 12.1 Å². The maximum Gasteiger partial charge on any atom is 0.307 e. The zero-order chi connectivity index (χ0) is 17.1. The number of carbonyl (C=O) groups excluding carboxylic acids is 1. The molecule has 0 aliphatic rings. The number of esters is 1. The Morgan fingerprint density at radius 2 is 2.04 bits per heavy atom. The Morgan fingerprint density at radius 3 is 2.65 bits per heavy atom. The highest BCUT2D eigenvalue weighted by Gasteiger charge is 2.05. The molecule has 128 valence electrons. The molecule has 0 saturated heterocycles. The van der Waals surface area contributed by atoms with Crippen LogP contribution in [0.4, 0.5) is 5.69 Å². The Balaban J connectivity index is 2.39. The van der Waals surface area contributed by atoms with Crippen LogP contribution in [0.2, 0.25) is 0 Å². The second-order valence-corrected chi connectivity index (χ2v) is 5.17. The van der Waals surface area contributed by atoms with Crippen LogP contribution in [-0.4, -0.2) is 52.3 Å². The molecule has 0 aliphatic carbocycles. The van der Waals surface area contributed by atoms with Crippen LogP contribution in [-0.2, 0) is 9.53 Å². The van der Waals surface area contributed by atoms with Gasteiger partial charge >= 0.3 is 5.97 Å². The van der Waals surface area contributed by atoms with Gasteiger partial charge in [-0.15, -0.1) is 0 Å². The molecule has 0 aliphatic heterocycles. The van der Waals surface area contributed by atoms with E-state index in [1.54, 1.807) is 7.05 Å². The van der Waals surface area contributed by atoms with Crippen LogP contribution in [0.5, 0.6) is 0 Å². The van der Waals surface area contributed by atoms with Gasteiger partial charge in [-0.2, -0.15) is 0 Å². The lowest BCUT2D eigenvalue weighted by molar-refractivity contribution is -0.140. The Labute approximate surface area is 138 Å². The van der Waals surface area contributed by atoms with Crippen molar-refractivity contribution in [1.29, 1.82) is 0 Å². The van der Waals surface area contributed by atoms with Crippen molar-refractivity contribution in [2.75, 3.05) is 45.2 Å². The van der Waals surface area contributed by atoms with Crippen molar-refractivity contribution >= 4 is 17.6 Å². The number of ether oxygens (including phenoxy) is 1. The Kier molecular flexibility index (Phi) is 8.57. The summed E-state index contributed by atoms with van der Waals surface area (Å²) in [6.07, 6.45) is 0.321. The third-order valence-electron chi connectivity index (χ3n) is 3.50. The standard InChI is InChI=1S/C17H28N4O2/c1-5-21(15-8-6-7-14(2)13-15)12-11-20-17(18-3)19-10-9-16(22)23-4/h6-8,13H,5,9-12H2,1-4H3,(H2,18,19,20). The molecular weight excluding hydrogens is 292 g/mol. The Bertz CT molecular complexity index is 517. The predicted molar refractivity (Wildman–Crippen MR) is 95.1 cm³/mol. The second-order valence-electron chi connectivity index (χ2n) is 5.17. The zero-order valence-corrected chi connectivity index (χ0v) is 14.6. The minimum atomic E-state index is -0.232. The van der Waals surface area contributed by atoms with E-state index >= 15 is 0 Å². The van der Waals surface area contributed by atoms with Gasteiger partial charge in [0.05, 0.1) is 13.5 Å². The molecule has 0 atom stereocenters. The number of guanidine groups is 1. The van der Waals surface area contributed by atoms with E-state index in [4.69, 9.17) is 0 Å². The number of nitrogens with one attached hydrogen (secondary N) is 2. The molecule has 0 unspecified atom stereocenters. The fraction of sp³-hybridized carbons (Fsp3) is 0.529. The van der Waals surface area contributed by atoms with Gasteiger partial charge in [0.15, 0.2) is 5.96 Å². The summed E-state index contributed by atoms with van der Waals surface area (Å²) in [5.74, 6) is 0.457. The van der Waals surface area contributed by atoms with Gasteiger partial charge < -0.3 is 20.3 Å². The molecule has 0 fully saturated rings. The van der Waals surface area contributed by atoms with Crippen molar-refractivity contribution in [3.63, 3.8) is 0 Å². The van der Waals surface area contributed by atoms with E-state index in [0.29, 0.717) is 18.9 Å². The van der Waals surface area contributed by atoms with E-state index in [1.807, 2.05) is 0 Å². The van der Waals surface area contributed by atoms with Crippen LogP contribution < -0.4 is 15.5 Å². The summed E-state index contributed by atoms with van der Waals surface area (Å²) in [7, 11) is 3.10. The number of likely N-dealkylation sites (N-methyl/N-ethyl adjacent to an activating group) is 1. The largest absolute Gasteiger partial charge is 0.469 e. The number of rotatable bonds is 8. The predicted octanol–water partition coefficient (Wildman–Crippen LogP) is 1.55. The van der Waals surface area contributed by atoms with Gasteiger partial charge in [-0.05, 0) is 31.5 Å². The van der Waals surface area contributed by atoms with Gasteiger partial charge in [-0.3, -0.25) is 9.79 Å². The van der Waals surface area contributed by atoms with Crippen molar-refractivity contribution in [1.82, 2.24) is 10.6 Å². The van der Waals surface area contributed by atoms with E-state index in [9.17, 15) is 4.79 Å². The quantitative estimate of drug-likeness (QED) is 0.432. The Hall–Kier alpha value is -2.24. The van der Waals surface area contributed by atoms with Crippen LogP contribution in [0, 0.1) is 6.92 Å². The lowest BCUT2D eigenvalue weighted by Crippen LogP contribution is -2.42. The summed E-state index contributed by atoms with van der Waals surface area (Å²) in [6.45, 7) is 7.33. The first-order chi connectivity index (χ1) is 11.1. The fourth-order valence-corrected chi connectivity index (χ4v) is 2.21. The maximum atomic E-state index is 11.1. The molecule has 0 spiro atoms. The van der Waals surface area contributed by atoms with Crippen molar-refractivity contribution in [2.24, 2.45) is 4.99 Å². The summed E-state index contributed by atoms with van der Waals surface area (Å²) in [6, 6.07) is 8.49. The molecule has 2 N–H and O–H groups in total. The van der Waals surface area contributed by atoms with E-state index in [-0.39, 0.29) is 5.97 Å². The topological polar surface area (TPSA) is 66.0 Å². The molecule has 6 nitrogen and oxygen atoms in total. The van der Waals surface area contributed by atoms with Crippen molar-refractivity contribution < 1.29 is 9.53 Å². The van der Waals surface area contributed by atoms with E-state index in [0.717, 1.165) is 19.6 Å². The van der Waals surface area contributed by atoms with Crippen molar-refractivity contribution in [2.45, 2.75) is 20.3 Å². The van der Waals surface area contributed by atoms with Crippen LogP contribution >= 0.6 is 0 Å². The highest BCUT2D eigenvalue weighted by atomic mass is 16.5. The molecule has 0 amide bonds. The lowest BCUT2D eigenvalue weighted by Gasteiger charge is -2.24. The van der Waals surface area contributed by atoms with Gasteiger partial charge in [-0.25, -0.2) is 0 Å². The first kappa shape index (κ1) is 18.8. The Morgan fingerprint density at radius 1 is 1.30 bits per heavy atom. The van der Waals surface area contributed by atoms with Gasteiger partial charge in [0.25, 0.3) is 0 Å². The number of anilines is 1.